The number of nitrogens with one attached hydrogen (secondary N) is 2. The van der Waals surface area contributed by atoms with Crippen LogP contribution in [0.15, 0.2) is 48.5 Å². The summed E-state index contributed by atoms with van der Waals surface area (Å²) in [6.45, 7) is 15.3. The molecule has 3 aliphatic rings. The van der Waals surface area contributed by atoms with E-state index in [1.54, 1.807) is 0 Å². The molecule has 0 radical (unpaired) electrons. The Morgan fingerprint density at radius 2 is 1.27 bits per heavy atom. The lowest BCUT2D eigenvalue weighted by atomic mass is 9.93. The molecule has 5 rings (SSSR count). The minimum absolute atomic E-state index is 0.299. The Bertz CT molecular complexity index is 1230. The zero-order chi connectivity index (χ0) is 29.1. The van der Waals surface area contributed by atoms with Gasteiger partial charge in [0.1, 0.15) is 41.1 Å². The SMILES string of the molecule is CC(C)(C)OC(=O)Nc1cccc([C@]2(C)O[C@@H]3N4[C@H](CO[C@H]42)O[C@]3(C)c2cccc(NC(=O)OC(C)(C)C)c2)c1. The number of amides is 2. The van der Waals surface area contributed by atoms with E-state index in [-0.39, 0.29) is 6.23 Å². The Hall–Kier alpha value is -3.18. The maximum atomic E-state index is 12.4. The van der Waals surface area contributed by atoms with Crippen molar-refractivity contribution >= 4 is 23.6 Å². The third-order valence-electron chi connectivity index (χ3n) is 7.11. The van der Waals surface area contributed by atoms with Crippen LogP contribution in [0.25, 0.3) is 0 Å². The smallest absolute Gasteiger partial charge is 0.412 e. The summed E-state index contributed by atoms with van der Waals surface area (Å²) in [7, 11) is 0. The second-order valence-corrected chi connectivity index (χ2v) is 12.8. The predicted octanol–water partition coefficient (Wildman–Crippen LogP) is 5.88. The first-order valence-corrected chi connectivity index (χ1v) is 13.5. The summed E-state index contributed by atoms with van der Waals surface area (Å²) in [5.74, 6) is 0. The third-order valence-corrected chi connectivity index (χ3v) is 7.11. The molecular formula is C30H39N3O7. The molecule has 3 saturated heterocycles. The van der Waals surface area contributed by atoms with Gasteiger partial charge in [0.2, 0.25) is 0 Å². The van der Waals surface area contributed by atoms with Gasteiger partial charge in [-0.25, -0.2) is 14.5 Å². The van der Waals surface area contributed by atoms with E-state index in [1.807, 2.05) is 104 Å². The van der Waals surface area contributed by atoms with Crippen molar-refractivity contribution in [2.75, 3.05) is 17.2 Å². The Morgan fingerprint density at radius 1 is 0.800 bits per heavy atom. The maximum absolute atomic E-state index is 12.4. The molecular weight excluding hydrogens is 514 g/mol. The minimum Gasteiger partial charge on any atom is -0.444 e. The van der Waals surface area contributed by atoms with Crippen LogP contribution in [0.5, 0.6) is 0 Å². The van der Waals surface area contributed by atoms with Gasteiger partial charge in [0.05, 0.1) is 6.61 Å². The number of hydrogen-bond donors (Lipinski definition) is 2. The summed E-state index contributed by atoms with van der Waals surface area (Å²) in [6, 6.07) is 15.0. The molecule has 0 saturated carbocycles. The van der Waals surface area contributed by atoms with E-state index in [0.29, 0.717) is 18.0 Å². The van der Waals surface area contributed by atoms with E-state index >= 15 is 0 Å². The summed E-state index contributed by atoms with van der Waals surface area (Å²) >= 11 is 0. The van der Waals surface area contributed by atoms with Crippen molar-refractivity contribution in [1.29, 1.82) is 0 Å². The average molecular weight is 554 g/mol. The molecule has 0 aliphatic carbocycles. The largest absolute Gasteiger partial charge is 0.444 e. The van der Waals surface area contributed by atoms with Gasteiger partial charge in [-0.1, -0.05) is 24.3 Å². The molecule has 0 spiro atoms. The molecule has 3 heterocycles. The lowest BCUT2D eigenvalue weighted by molar-refractivity contribution is -0.138. The van der Waals surface area contributed by atoms with Gasteiger partial charge >= 0.3 is 12.2 Å². The summed E-state index contributed by atoms with van der Waals surface area (Å²) in [5.41, 5.74) is -0.0117. The Morgan fingerprint density at radius 3 is 1.75 bits per heavy atom. The molecule has 0 bridgehead atoms. The first kappa shape index (κ1) is 28.4. The number of nitrogens with zero attached hydrogens (tertiary/aromatic N) is 1. The van der Waals surface area contributed by atoms with Crippen molar-refractivity contribution in [1.82, 2.24) is 4.90 Å². The molecule has 10 nitrogen and oxygen atoms in total. The molecule has 0 unspecified atom stereocenters. The molecule has 2 aromatic rings. The number of ether oxygens (including phenoxy) is 5. The van der Waals surface area contributed by atoms with Crippen molar-refractivity contribution < 1.29 is 33.3 Å². The molecule has 216 valence electrons. The highest BCUT2D eigenvalue weighted by atomic mass is 16.7. The summed E-state index contributed by atoms with van der Waals surface area (Å²) in [4.78, 5) is 26.9. The van der Waals surface area contributed by atoms with Crippen LogP contribution in [-0.4, -0.2) is 53.6 Å². The number of anilines is 2. The molecule has 2 amide bonds. The van der Waals surface area contributed by atoms with Crippen molar-refractivity contribution in [3.63, 3.8) is 0 Å². The third kappa shape index (κ3) is 5.41. The van der Waals surface area contributed by atoms with Gasteiger partial charge in [-0.15, -0.1) is 0 Å². The zero-order valence-electron chi connectivity index (χ0n) is 24.4. The maximum Gasteiger partial charge on any atom is 0.412 e. The van der Waals surface area contributed by atoms with Crippen molar-refractivity contribution in [3.8, 4) is 0 Å². The van der Waals surface area contributed by atoms with Crippen LogP contribution >= 0.6 is 0 Å². The second-order valence-electron chi connectivity index (χ2n) is 12.8. The van der Waals surface area contributed by atoms with Crippen LogP contribution in [0.2, 0.25) is 0 Å². The van der Waals surface area contributed by atoms with E-state index < -0.39 is 47.0 Å². The fraction of sp³-hybridized carbons (Fsp3) is 0.533. The molecule has 0 aromatic heterocycles. The van der Waals surface area contributed by atoms with E-state index in [0.717, 1.165) is 11.1 Å². The number of carbonyl (C=O) groups excluding carboxylic acids is 2. The van der Waals surface area contributed by atoms with Crippen LogP contribution in [0.1, 0.15) is 66.5 Å². The molecule has 2 aromatic carbocycles. The van der Waals surface area contributed by atoms with Crippen molar-refractivity contribution in [2.24, 2.45) is 0 Å². The predicted molar refractivity (Wildman–Crippen MR) is 149 cm³/mol. The van der Waals surface area contributed by atoms with E-state index in [1.165, 1.54) is 0 Å². The highest BCUT2D eigenvalue weighted by Gasteiger charge is 2.68. The van der Waals surface area contributed by atoms with Crippen LogP contribution in [0.3, 0.4) is 0 Å². The number of hydrogen-bond acceptors (Lipinski definition) is 8. The number of rotatable bonds is 4. The quantitative estimate of drug-likeness (QED) is 0.483. The summed E-state index contributed by atoms with van der Waals surface area (Å²) < 4.78 is 30.4. The monoisotopic (exact) mass is 553 g/mol. The second kappa shape index (κ2) is 9.73. The average Bonchev–Trinajstić information content (AvgIpc) is 3.45. The van der Waals surface area contributed by atoms with Crippen molar-refractivity contribution in [2.45, 2.75) is 96.5 Å². The molecule has 10 heteroatoms. The Balaban J connectivity index is 1.39. The molecule has 3 aliphatic heterocycles. The highest BCUT2D eigenvalue weighted by molar-refractivity contribution is 5.85. The van der Waals surface area contributed by atoms with Gasteiger partial charge in [-0.05, 0) is 90.8 Å². The minimum atomic E-state index is -0.845. The summed E-state index contributed by atoms with van der Waals surface area (Å²) in [5, 5.41) is 5.62. The van der Waals surface area contributed by atoms with Crippen LogP contribution in [0.4, 0.5) is 21.0 Å². The Kier molecular flexibility index (Phi) is 6.89. The lowest BCUT2D eigenvalue weighted by Gasteiger charge is -2.33. The van der Waals surface area contributed by atoms with Gasteiger partial charge in [0.25, 0.3) is 0 Å². The first-order chi connectivity index (χ1) is 18.6. The number of benzene rings is 2. The standard InChI is InChI=1S/C30H39N3O7/c1-27(2,3)39-25(34)31-20-13-9-11-18(15-20)29(7)23-33-22(17-36-23)37-30(8,24(33)38-29)19-12-10-14-21(16-19)32-26(35)40-28(4,5)6/h9-16,22-24H,17H2,1-8H3,(H,31,34)(H,32,35)/t22-,23-,24-,29-,30+/m0/s1. The summed E-state index contributed by atoms with van der Waals surface area (Å²) in [6.07, 6.45) is -2.22. The molecule has 2 N–H and O–H groups in total. The Labute approximate surface area is 235 Å². The van der Waals surface area contributed by atoms with Gasteiger partial charge in [-0.3, -0.25) is 10.6 Å². The van der Waals surface area contributed by atoms with Crippen LogP contribution < -0.4 is 10.6 Å². The van der Waals surface area contributed by atoms with Gasteiger partial charge < -0.3 is 23.7 Å². The van der Waals surface area contributed by atoms with Crippen LogP contribution in [0, 0.1) is 0 Å². The molecule has 5 atom stereocenters. The highest BCUT2D eigenvalue weighted by Crippen LogP contribution is 2.56. The normalized spacial score (nSPS) is 29.6. The van der Waals surface area contributed by atoms with Crippen LogP contribution in [-0.2, 0) is 34.9 Å². The van der Waals surface area contributed by atoms with Gasteiger partial charge in [0.15, 0.2) is 0 Å². The lowest BCUT2D eigenvalue weighted by Crippen LogP contribution is -2.40. The van der Waals surface area contributed by atoms with E-state index in [4.69, 9.17) is 23.7 Å². The van der Waals surface area contributed by atoms with E-state index in [9.17, 15) is 9.59 Å². The van der Waals surface area contributed by atoms with Gasteiger partial charge in [-0.2, -0.15) is 0 Å². The zero-order valence-corrected chi connectivity index (χ0v) is 24.4. The van der Waals surface area contributed by atoms with Crippen molar-refractivity contribution in [3.05, 3.63) is 59.7 Å². The molecule has 3 fully saturated rings. The fourth-order valence-corrected chi connectivity index (χ4v) is 5.47. The number of carbonyl (C=O) groups is 2. The first-order valence-electron chi connectivity index (χ1n) is 13.5. The topological polar surface area (TPSA) is 108 Å². The van der Waals surface area contributed by atoms with Gasteiger partial charge in [0, 0.05) is 11.4 Å². The molecule has 40 heavy (non-hydrogen) atoms. The fourth-order valence-electron chi connectivity index (χ4n) is 5.47. The van der Waals surface area contributed by atoms with E-state index in [2.05, 4.69) is 15.5 Å².